The van der Waals surface area contributed by atoms with Gasteiger partial charge in [0.2, 0.25) is 0 Å². The lowest BCUT2D eigenvalue weighted by atomic mass is 10.1. The van der Waals surface area contributed by atoms with Gasteiger partial charge in [-0.2, -0.15) is 12.6 Å². The van der Waals surface area contributed by atoms with E-state index in [-0.39, 0.29) is 11.2 Å². The van der Waals surface area contributed by atoms with E-state index in [2.05, 4.69) is 22.3 Å². The molecular weight excluding hydrogens is 222 g/mol. The van der Waals surface area contributed by atoms with Crippen LogP contribution < -0.4 is 0 Å². The van der Waals surface area contributed by atoms with Crippen LogP contribution in [0.3, 0.4) is 0 Å². The van der Waals surface area contributed by atoms with Crippen LogP contribution in [-0.2, 0) is 4.74 Å². The number of ether oxygens (including phenoxy) is 1. The molecule has 2 rings (SSSR count). The predicted molar refractivity (Wildman–Crippen MR) is 67.0 cm³/mol. The second kappa shape index (κ2) is 4.22. The summed E-state index contributed by atoms with van der Waals surface area (Å²) in [4.78, 5) is 14.3. The van der Waals surface area contributed by atoms with Crippen molar-refractivity contribution < 1.29 is 9.53 Å². The van der Waals surface area contributed by atoms with Crippen molar-refractivity contribution in [1.82, 2.24) is 4.98 Å². The molecule has 2 aromatic rings. The topological polar surface area (TPSA) is 42.1 Å². The maximum Gasteiger partial charge on any atom is 0.354 e. The normalized spacial score (nSPS) is 12.7. The van der Waals surface area contributed by atoms with Gasteiger partial charge < -0.3 is 9.72 Å². The number of esters is 1. The number of aromatic nitrogens is 1. The largest absolute Gasteiger partial charge is 0.464 e. The maximum absolute atomic E-state index is 11.3. The van der Waals surface area contributed by atoms with Gasteiger partial charge in [-0.15, -0.1) is 0 Å². The minimum absolute atomic E-state index is 0.181. The fourth-order valence-electron chi connectivity index (χ4n) is 1.63. The molecule has 0 aliphatic rings. The minimum Gasteiger partial charge on any atom is -0.464 e. The summed E-state index contributed by atoms with van der Waals surface area (Å²) in [6.45, 7) is 2.01. The molecule has 1 heterocycles. The van der Waals surface area contributed by atoms with Crippen LogP contribution in [0.1, 0.15) is 28.2 Å². The highest BCUT2D eigenvalue weighted by Crippen LogP contribution is 2.24. The van der Waals surface area contributed by atoms with E-state index in [1.807, 2.05) is 25.1 Å². The fourth-order valence-corrected chi connectivity index (χ4v) is 1.79. The molecule has 1 N–H and O–H groups in total. The molecule has 4 heteroatoms. The SMILES string of the molecule is COC(=O)c1cc2cc(C(C)S)ccc2[nH]1. The van der Waals surface area contributed by atoms with Gasteiger partial charge in [-0.1, -0.05) is 6.07 Å². The Morgan fingerprint density at radius 2 is 2.19 bits per heavy atom. The third-order valence-corrected chi connectivity index (χ3v) is 2.83. The average molecular weight is 235 g/mol. The van der Waals surface area contributed by atoms with Crippen molar-refractivity contribution in [1.29, 1.82) is 0 Å². The first-order chi connectivity index (χ1) is 7.61. The van der Waals surface area contributed by atoms with Crippen molar-refractivity contribution in [2.75, 3.05) is 7.11 Å². The van der Waals surface area contributed by atoms with E-state index >= 15 is 0 Å². The third-order valence-electron chi connectivity index (χ3n) is 2.53. The highest BCUT2D eigenvalue weighted by molar-refractivity contribution is 7.80. The molecular formula is C12H13NO2S. The summed E-state index contributed by atoms with van der Waals surface area (Å²) >= 11 is 4.38. The third kappa shape index (κ3) is 1.93. The number of hydrogen-bond acceptors (Lipinski definition) is 3. The first kappa shape index (κ1) is 11.1. The minimum atomic E-state index is -0.350. The lowest BCUT2D eigenvalue weighted by Gasteiger charge is -2.03. The molecule has 0 aliphatic carbocycles. The maximum atomic E-state index is 11.3. The Balaban J connectivity index is 2.50. The molecule has 16 heavy (non-hydrogen) atoms. The number of thiol groups is 1. The molecule has 1 aromatic carbocycles. The van der Waals surface area contributed by atoms with E-state index in [4.69, 9.17) is 0 Å². The van der Waals surface area contributed by atoms with E-state index in [1.54, 1.807) is 6.07 Å². The Morgan fingerprint density at radius 3 is 2.81 bits per heavy atom. The Bertz CT molecular complexity index is 531. The summed E-state index contributed by atoms with van der Waals surface area (Å²) in [5.74, 6) is -0.350. The number of H-pyrrole nitrogens is 1. The Hall–Kier alpha value is -1.42. The van der Waals surface area contributed by atoms with Crippen LogP contribution in [0.25, 0.3) is 10.9 Å². The Kier molecular flexibility index (Phi) is 2.92. The van der Waals surface area contributed by atoms with Gasteiger partial charge >= 0.3 is 5.97 Å². The smallest absolute Gasteiger partial charge is 0.354 e. The summed E-state index contributed by atoms with van der Waals surface area (Å²) in [6.07, 6.45) is 0. The average Bonchev–Trinajstić information content (AvgIpc) is 2.70. The molecule has 3 nitrogen and oxygen atoms in total. The van der Waals surface area contributed by atoms with Crippen LogP contribution in [0.15, 0.2) is 24.3 Å². The molecule has 0 aliphatic heterocycles. The molecule has 1 aromatic heterocycles. The summed E-state index contributed by atoms with van der Waals surface area (Å²) < 4.78 is 4.66. The van der Waals surface area contributed by atoms with Crippen LogP contribution in [0.2, 0.25) is 0 Å². The quantitative estimate of drug-likeness (QED) is 0.620. The highest BCUT2D eigenvalue weighted by atomic mass is 32.1. The second-order valence-corrected chi connectivity index (χ2v) is 4.47. The number of nitrogens with one attached hydrogen (secondary N) is 1. The van der Waals surface area contributed by atoms with Gasteiger partial charge in [0.25, 0.3) is 0 Å². The monoisotopic (exact) mass is 235 g/mol. The zero-order valence-electron chi connectivity index (χ0n) is 9.15. The van der Waals surface area contributed by atoms with Gasteiger partial charge in [-0.25, -0.2) is 4.79 Å². The number of benzene rings is 1. The molecule has 0 saturated heterocycles. The first-order valence-corrected chi connectivity index (χ1v) is 5.52. The molecule has 0 fully saturated rings. The van der Waals surface area contributed by atoms with E-state index in [0.29, 0.717) is 5.69 Å². The number of methoxy groups -OCH3 is 1. The summed E-state index contributed by atoms with van der Waals surface area (Å²) in [5, 5.41) is 1.18. The number of hydrogen-bond donors (Lipinski definition) is 2. The van der Waals surface area contributed by atoms with Crippen molar-refractivity contribution in [2.45, 2.75) is 12.2 Å². The standard InChI is InChI=1S/C12H13NO2S/c1-7(16)8-3-4-10-9(5-8)6-11(13-10)12(14)15-2/h3-7,13,16H,1-2H3. The fraction of sp³-hybridized carbons (Fsp3) is 0.250. The van der Waals surface area contributed by atoms with Gasteiger partial charge in [0.05, 0.1) is 7.11 Å². The Morgan fingerprint density at radius 1 is 1.44 bits per heavy atom. The zero-order valence-corrected chi connectivity index (χ0v) is 10.0. The van der Waals surface area contributed by atoms with Gasteiger partial charge in [0.15, 0.2) is 0 Å². The number of carbonyl (C=O) groups excluding carboxylic acids is 1. The summed E-state index contributed by atoms with van der Waals surface area (Å²) in [6, 6.07) is 7.76. The molecule has 0 amide bonds. The molecule has 1 unspecified atom stereocenters. The van der Waals surface area contributed by atoms with Gasteiger partial charge in [-0.05, 0) is 30.7 Å². The predicted octanol–water partition coefficient (Wildman–Crippen LogP) is 2.95. The van der Waals surface area contributed by atoms with Crippen LogP contribution in [-0.4, -0.2) is 18.1 Å². The molecule has 0 saturated carbocycles. The van der Waals surface area contributed by atoms with E-state index in [0.717, 1.165) is 16.5 Å². The summed E-state index contributed by atoms with van der Waals surface area (Å²) in [7, 11) is 1.37. The van der Waals surface area contributed by atoms with Crippen molar-refractivity contribution >= 4 is 29.5 Å². The molecule has 0 radical (unpaired) electrons. The van der Waals surface area contributed by atoms with E-state index < -0.39 is 0 Å². The van der Waals surface area contributed by atoms with Gasteiger partial charge in [0.1, 0.15) is 5.69 Å². The van der Waals surface area contributed by atoms with Crippen LogP contribution in [0.5, 0.6) is 0 Å². The van der Waals surface area contributed by atoms with Crippen LogP contribution >= 0.6 is 12.6 Å². The molecule has 84 valence electrons. The first-order valence-electron chi connectivity index (χ1n) is 5.01. The lowest BCUT2D eigenvalue weighted by molar-refractivity contribution is 0.0595. The Labute approximate surface area is 99.2 Å². The van der Waals surface area contributed by atoms with Crippen molar-refractivity contribution in [3.05, 3.63) is 35.5 Å². The van der Waals surface area contributed by atoms with Crippen LogP contribution in [0, 0.1) is 0 Å². The van der Waals surface area contributed by atoms with Gasteiger partial charge in [0, 0.05) is 16.2 Å². The van der Waals surface area contributed by atoms with Crippen LogP contribution in [0.4, 0.5) is 0 Å². The number of aromatic amines is 1. The second-order valence-electron chi connectivity index (χ2n) is 3.70. The molecule has 0 bridgehead atoms. The van der Waals surface area contributed by atoms with Crippen molar-refractivity contribution in [3.8, 4) is 0 Å². The molecule has 1 atom stereocenters. The zero-order chi connectivity index (χ0) is 11.7. The van der Waals surface area contributed by atoms with Gasteiger partial charge in [-0.3, -0.25) is 0 Å². The summed E-state index contributed by atoms with van der Waals surface area (Å²) in [5.41, 5.74) is 2.53. The van der Waals surface area contributed by atoms with E-state index in [9.17, 15) is 4.79 Å². The van der Waals surface area contributed by atoms with E-state index in [1.165, 1.54) is 7.11 Å². The van der Waals surface area contributed by atoms with Crippen molar-refractivity contribution in [2.24, 2.45) is 0 Å². The number of rotatable bonds is 2. The molecule has 0 spiro atoms. The number of fused-ring (bicyclic) bond motifs is 1. The number of carbonyl (C=O) groups is 1. The van der Waals surface area contributed by atoms with Crippen molar-refractivity contribution in [3.63, 3.8) is 0 Å². The lowest BCUT2D eigenvalue weighted by Crippen LogP contribution is -2.00. The highest BCUT2D eigenvalue weighted by Gasteiger charge is 2.10.